The summed E-state index contributed by atoms with van der Waals surface area (Å²) in [4.78, 5) is 1.41. The largest absolute Gasteiger partial charge is 0.198 e. The molecule has 0 aliphatic heterocycles. The van der Waals surface area contributed by atoms with Gasteiger partial charge in [-0.05, 0) is 17.4 Å². The summed E-state index contributed by atoms with van der Waals surface area (Å²) in [7, 11) is 0. The lowest BCUT2D eigenvalue weighted by molar-refractivity contribution is 0.749. The van der Waals surface area contributed by atoms with Crippen molar-refractivity contribution in [2.75, 3.05) is 0 Å². The van der Waals surface area contributed by atoms with E-state index in [-0.39, 0.29) is 0 Å². The lowest BCUT2D eigenvalue weighted by Crippen LogP contribution is -1.96. The topological polar surface area (TPSA) is 41.6 Å². The Hall–Kier alpha value is -1.16. The van der Waals surface area contributed by atoms with Gasteiger partial charge in [0, 0.05) is 11.3 Å². The molecule has 68 valence electrons. The summed E-state index contributed by atoms with van der Waals surface area (Å²) in [6.45, 7) is 2.21. The van der Waals surface area contributed by atoms with Crippen LogP contribution in [0.1, 0.15) is 23.4 Å². The van der Waals surface area contributed by atoms with E-state index >= 15 is 0 Å². The SMILES string of the molecule is CC(Cc1cn[nH]n1)c1cccs1. The standard InChI is InChI=1S/C9H11N3S/c1-7(9-3-2-4-13-9)5-8-6-10-12-11-8/h2-4,6-7H,5H2,1H3,(H,10,11,12). The smallest absolute Gasteiger partial charge is 0.0830 e. The molecule has 2 heterocycles. The number of aromatic nitrogens is 3. The van der Waals surface area contributed by atoms with Gasteiger partial charge in [0.1, 0.15) is 0 Å². The van der Waals surface area contributed by atoms with E-state index in [0.29, 0.717) is 5.92 Å². The molecule has 13 heavy (non-hydrogen) atoms. The zero-order valence-corrected chi connectivity index (χ0v) is 8.21. The molecule has 0 aliphatic carbocycles. The maximum Gasteiger partial charge on any atom is 0.0830 e. The second-order valence-electron chi connectivity index (χ2n) is 3.08. The molecule has 0 saturated heterocycles. The fraction of sp³-hybridized carbons (Fsp3) is 0.333. The Morgan fingerprint density at radius 1 is 1.62 bits per heavy atom. The second kappa shape index (κ2) is 3.70. The molecule has 0 fully saturated rings. The number of H-pyrrole nitrogens is 1. The van der Waals surface area contributed by atoms with Gasteiger partial charge in [-0.25, -0.2) is 0 Å². The lowest BCUT2D eigenvalue weighted by Gasteiger charge is -2.05. The van der Waals surface area contributed by atoms with Gasteiger partial charge in [-0.1, -0.05) is 13.0 Å². The molecule has 0 saturated carbocycles. The third-order valence-corrected chi connectivity index (χ3v) is 3.11. The molecule has 0 aromatic carbocycles. The van der Waals surface area contributed by atoms with E-state index in [2.05, 4.69) is 39.8 Å². The number of hydrogen-bond acceptors (Lipinski definition) is 3. The highest BCUT2D eigenvalue weighted by molar-refractivity contribution is 7.10. The molecule has 2 aromatic rings. The summed E-state index contributed by atoms with van der Waals surface area (Å²) in [5.41, 5.74) is 1.03. The van der Waals surface area contributed by atoms with Crippen LogP contribution in [0.3, 0.4) is 0 Å². The molecule has 4 heteroatoms. The molecule has 0 radical (unpaired) electrons. The molecule has 2 aromatic heterocycles. The Kier molecular flexibility index (Phi) is 2.40. The van der Waals surface area contributed by atoms with Crippen molar-refractivity contribution in [2.24, 2.45) is 0 Å². The van der Waals surface area contributed by atoms with E-state index in [0.717, 1.165) is 12.1 Å². The monoisotopic (exact) mass is 193 g/mol. The van der Waals surface area contributed by atoms with Crippen LogP contribution < -0.4 is 0 Å². The van der Waals surface area contributed by atoms with Crippen LogP contribution in [0, 0.1) is 0 Å². The molecule has 1 atom stereocenters. The van der Waals surface area contributed by atoms with Crippen molar-refractivity contribution in [2.45, 2.75) is 19.3 Å². The summed E-state index contributed by atoms with van der Waals surface area (Å²) in [5.74, 6) is 0.532. The number of aromatic amines is 1. The Balaban J connectivity index is 2.04. The van der Waals surface area contributed by atoms with Crippen LogP contribution in [0.25, 0.3) is 0 Å². The fourth-order valence-corrected chi connectivity index (χ4v) is 2.10. The van der Waals surface area contributed by atoms with E-state index in [1.807, 2.05) is 0 Å². The van der Waals surface area contributed by atoms with Crippen molar-refractivity contribution in [3.05, 3.63) is 34.3 Å². The summed E-state index contributed by atoms with van der Waals surface area (Å²) >= 11 is 1.79. The van der Waals surface area contributed by atoms with Crippen LogP contribution in [-0.2, 0) is 6.42 Å². The van der Waals surface area contributed by atoms with Crippen molar-refractivity contribution >= 4 is 11.3 Å². The summed E-state index contributed by atoms with van der Waals surface area (Å²) in [6.07, 6.45) is 2.74. The predicted molar refractivity (Wildman–Crippen MR) is 52.8 cm³/mol. The van der Waals surface area contributed by atoms with E-state index in [1.165, 1.54) is 4.88 Å². The number of hydrogen-bond donors (Lipinski definition) is 1. The molecular weight excluding hydrogens is 182 g/mol. The van der Waals surface area contributed by atoms with Crippen molar-refractivity contribution in [1.29, 1.82) is 0 Å². The summed E-state index contributed by atoms with van der Waals surface area (Å²) in [6, 6.07) is 4.24. The van der Waals surface area contributed by atoms with Gasteiger partial charge in [-0.15, -0.1) is 11.3 Å². The van der Waals surface area contributed by atoms with E-state index in [1.54, 1.807) is 17.5 Å². The van der Waals surface area contributed by atoms with Gasteiger partial charge >= 0.3 is 0 Å². The first-order valence-electron chi connectivity index (χ1n) is 4.24. The Morgan fingerprint density at radius 3 is 3.15 bits per heavy atom. The minimum atomic E-state index is 0.532. The third kappa shape index (κ3) is 1.95. The summed E-state index contributed by atoms with van der Waals surface area (Å²) in [5, 5.41) is 12.5. The molecule has 0 aliphatic rings. The molecule has 0 spiro atoms. The average Bonchev–Trinajstić information content (AvgIpc) is 2.74. The number of nitrogens with zero attached hydrogens (tertiary/aromatic N) is 2. The quantitative estimate of drug-likeness (QED) is 0.812. The van der Waals surface area contributed by atoms with Crippen LogP contribution in [0.5, 0.6) is 0 Å². The molecule has 1 unspecified atom stereocenters. The number of rotatable bonds is 3. The normalized spacial score (nSPS) is 13.0. The first-order valence-corrected chi connectivity index (χ1v) is 5.12. The molecule has 0 amide bonds. The highest BCUT2D eigenvalue weighted by Crippen LogP contribution is 2.23. The van der Waals surface area contributed by atoms with E-state index in [9.17, 15) is 0 Å². The Morgan fingerprint density at radius 2 is 2.54 bits per heavy atom. The third-order valence-electron chi connectivity index (χ3n) is 2.01. The maximum absolute atomic E-state index is 4.03. The zero-order valence-electron chi connectivity index (χ0n) is 7.40. The van der Waals surface area contributed by atoms with Crippen LogP contribution in [0.4, 0.5) is 0 Å². The molecule has 0 bridgehead atoms. The van der Waals surface area contributed by atoms with Crippen molar-refractivity contribution in [1.82, 2.24) is 15.4 Å². The van der Waals surface area contributed by atoms with Crippen LogP contribution >= 0.6 is 11.3 Å². The minimum absolute atomic E-state index is 0.532. The van der Waals surface area contributed by atoms with Gasteiger partial charge in [0.15, 0.2) is 0 Å². The number of thiophene rings is 1. The van der Waals surface area contributed by atoms with E-state index < -0.39 is 0 Å². The Bertz CT molecular complexity index is 339. The van der Waals surface area contributed by atoms with Crippen molar-refractivity contribution in [3.8, 4) is 0 Å². The van der Waals surface area contributed by atoms with Gasteiger partial charge < -0.3 is 0 Å². The van der Waals surface area contributed by atoms with Crippen LogP contribution in [0.15, 0.2) is 23.7 Å². The first-order chi connectivity index (χ1) is 6.36. The maximum atomic E-state index is 4.03. The number of nitrogens with one attached hydrogen (secondary N) is 1. The second-order valence-corrected chi connectivity index (χ2v) is 4.06. The van der Waals surface area contributed by atoms with Gasteiger partial charge in [-0.2, -0.15) is 15.4 Å². The molecule has 2 rings (SSSR count). The van der Waals surface area contributed by atoms with Crippen molar-refractivity contribution in [3.63, 3.8) is 0 Å². The summed E-state index contributed by atoms with van der Waals surface area (Å²) < 4.78 is 0. The molecule has 1 N–H and O–H groups in total. The van der Waals surface area contributed by atoms with Gasteiger partial charge in [0.05, 0.1) is 11.9 Å². The highest BCUT2D eigenvalue weighted by Gasteiger charge is 2.08. The van der Waals surface area contributed by atoms with Crippen LogP contribution in [-0.4, -0.2) is 15.4 Å². The Labute approximate surface area is 80.8 Å². The van der Waals surface area contributed by atoms with E-state index in [4.69, 9.17) is 0 Å². The van der Waals surface area contributed by atoms with Crippen molar-refractivity contribution < 1.29 is 0 Å². The van der Waals surface area contributed by atoms with Gasteiger partial charge in [-0.3, -0.25) is 0 Å². The fourth-order valence-electron chi connectivity index (χ4n) is 1.31. The molecule has 3 nitrogen and oxygen atoms in total. The molecular formula is C9H11N3S. The zero-order chi connectivity index (χ0) is 9.10. The average molecular weight is 193 g/mol. The van der Waals surface area contributed by atoms with Crippen LogP contribution in [0.2, 0.25) is 0 Å². The van der Waals surface area contributed by atoms with Gasteiger partial charge in [0.25, 0.3) is 0 Å². The predicted octanol–water partition coefficient (Wildman–Crippen LogP) is 2.21. The highest BCUT2D eigenvalue weighted by atomic mass is 32.1. The minimum Gasteiger partial charge on any atom is -0.198 e. The lowest BCUT2D eigenvalue weighted by atomic mass is 10.0. The van der Waals surface area contributed by atoms with Gasteiger partial charge in [0.2, 0.25) is 0 Å². The first kappa shape index (κ1) is 8.44.